The highest BCUT2D eigenvalue weighted by atomic mass is 19.2. The Bertz CT molecular complexity index is 1280. The summed E-state index contributed by atoms with van der Waals surface area (Å²) in [4.78, 5) is 6.50. The Morgan fingerprint density at radius 1 is 1.11 bits per heavy atom. The number of ether oxygens (including phenoxy) is 1. The number of aromatic nitrogens is 1. The van der Waals surface area contributed by atoms with Crippen LogP contribution in [-0.2, 0) is 13.1 Å². The van der Waals surface area contributed by atoms with E-state index in [0.29, 0.717) is 24.3 Å². The highest BCUT2D eigenvalue weighted by molar-refractivity contribution is 5.84. The smallest absolute Gasteiger partial charge is 0.194 e. The molecule has 1 fully saturated rings. The van der Waals surface area contributed by atoms with Gasteiger partial charge in [-0.05, 0) is 86.5 Å². The number of piperidine rings is 1. The topological polar surface area (TPSA) is 45.6 Å². The molecule has 0 bridgehead atoms. The standard InChI is InChI=1S/C29H30F4N2O2/c1-37-22-6-7-27-24(16-22)23(21(17-30)18-34-27)5-2-8-29(19-36)9-12-35(13-10-29)11-3-4-20-14-25(31)28(33)26(32)15-20/h6-7,14-16,18,36H,2,5,8-13,17,19H2,1H3. The van der Waals surface area contributed by atoms with Crippen LogP contribution >= 0.6 is 0 Å². The van der Waals surface area contributed by atoms with E-state index in [1.807, 2.05) is 18.2 Å². The molecule has 4 nitrogen and oxygen atoms in total. The predicted octanol–water partition coefficient (Wildman–Crippen LogP) is 5.58. The van der Waals surface area contributed by atoms with E-state index in [0.717, 1.165) is 67.4 Å². The second-order valence-corrected chi connectivity index (χ2v) is 9.62. The summed E-state index contributed by atoms with van der Waals surface area (Å²) in [5.41, 5.74) is 2.18. The van der Waals surface area contributed by atoms with Crippen LogP contribution in [0.2, 0.25) is 0 Å². The Balaban J connectivity index is 1.35. The quantitative estimate of drug-likeness (QED) is 0.242. The fourth-order valence-corrected chi connectivity index (χ4v) is 5.00. The molecule has 1 aliphatic rings. The van der Waals surface area contributed by atoms with E-state index in [1.54, 1.807) is 13.3 Å². The van der Waals surface area contributed by atoms with Crippen molar-refractivity contribution >= 4 is 10.9 Å². The maximum absolute atomic E-state index is 13.7. The van der Waals surface area contributed by atoms with Crippen LogP contribution < -0.4 is 4.74 Å². The molecule has 0 atom stereocenters. The summed E-state index contributed by atoms with van der Waals surface area (Å²) in [7, 11) is 1.60. The van der Waals surface area contributed by atoms with E-state index in [9.17, 15) is 22.7 Å². The summed E-state index contributed by atoms with van der Waals surface area (Å²) in [6.45, 7) is 1.35. The van der Waals surface area contributed by atoms with Crippen molar-refractivity contribution < 1.29 is 27.4 Å². The third kappa shape index (κ3) is 6.23. The van der Waals surface area contributed by atoms with Gasteiger partial charge in [-0.15, -0.1) is 0 Å². The fraction of sp³-hybridized carbons (Fsp3) is 0.414. The third-order valence-electron chi connectivity index (χ3n) is 7.33. The molecule has 0 aliphatic carbocycles. The van der Waals surface area contributed by atoms with Crippen LogP contribution in [0.4, 0.5) is 17.6 Å². The molecule has 0 saturated carbocycles. The van der Waals surface area contributed by atoms with E-state index in [1.165, 1.54) is 0 Å². The molecule has 1 aliphatic heterocycles. The average molecular weight is 515 g/mol. The van der Waals surface area contributed by atoms with Crippen LogP contribution in [0.15, 0.2) is 36.5 Å². The highest BCUT2D eigenvalue weighted by Gasteiger charge is 2.33. The van der Waals surface area contributed by atoms with Crippen LogP contribution in [0.5, 0.6) is 5.75 Å². The van der Waals surface area contributed by atoms with Crippen LogP contribution in [-0.4, -0.2) is 48.3 Å². The summed E-state index contributed by atoms with van der Waals surface area (Å²) < 4.78 is 58.9. The van der Waals surface area contributed by atoms with Gasteiger partial charge in [0, 0.05) is 29.3 Å². The molecule has 196 valence electrons. The summed E-state index contributed by atoms with van der Waals surface area (Å²) >= 11 is 0. The van der Waals surface area contributed by atoms with E-state index in [2.05, 4.69) is 21.7 Å². The number of alkyl halides is 1. The summed E-state index contributed by atoms with van der Waals surface area (Å²) in [5, 5.41) is 11.1. The van der Waals surface area contributed by atoms with Gasteiger partial charge < -0.3 is 9.84 Å². The number of methoxy groups -OCH3 is 1. The number of fused-ring (bicyclic) bond motifs is 1. The largest absolute Gasteiger partial charge is 0.497 e. The van der Waals surface area contributed by atoms with Gasteiger partial charge in [-0.25, -0.2) is 17.6 Å². The minimum atomic E-state index is -1.50. The molecular formula is C29H30F4N2O2. The normalized spacial score (nSPS) is 15.4. The second-order valence-electron chi connectivity index (χ2n) is 9.62. The molecule has 1 aromatic heterocycles. The maximum atomic E-state index is 13.7. The molecule has 0 unspecified atom stereocenters. The van der Waals surface area contributed by atoms with Crippen molar-refractivity contribution in [2.45, 2.75) is 38.8 Å². The number of rotatable bonds is 8. The molecule has 1 saturated heterocycles. The molecule has 2 heterocycles. The maximum Gasteiger partial charge on any atom is 0.194 e. The van der Waals surface area contributed by atoms with Gasteiger partial charge >= 0.3 is 0 Å². The van der Waals surface area contributed by atoms with Gasteiger partial charge in [0.25, 0.3) is 0 Å². The lowest BCUT2D eigenvalue weighted by molar-refractivity contribution is 0.0401. The first-order valence-electron chi connectivity index (χ1n) is 12.3. The van der Waals surface area contributed by atoms with Crippen LogP contribution in [0.1, 0.15) is 42.4 Å². The number of hydrogen-bond donors (Lipinski definition) is 1. The van der Waals surface area contributed by atoms with Gasteiger partial charge in [-0.3, -0.25) is 9.88 Å². The van der Waals surface area contributed by atoms with Crippen LogP contribution in [0.3, 0.4) is 0 Å². The van der Waals surface area contributed by atoms with Crippen molar-refractivity contribution in [1.29, 1.82) is 0 Å². The Morgan fingerprint density at radius 3 is 2.49 bits per heavy atom. The van der Waals surface area contributed by atoms with E-state index in [4.69, 9.17) is 4.74 Å². The zero-order valence-corrected chi connectivity index (χ0v) is 20.8. The summed E-state index contributed by atoms with van der Waals surface area (Å²) in [6, 6.07) is 7.37. The van der Waals surface area contributed by atoms with Gasteiger partial charge in [0.05, 0.1) is 19.2 Å². The van der Waals surface area contributed by atoms with Crippen molar-refractivity contribution in [2.75, 3.05) is 33.4 Å². The lowest BCUT2D eigenvalue weighted by Gasteiger charge is -2.40. The predicted molar refractivity (Wildman–Crippen MR) is 134 cm³/mol. The highest BCUT2D eigenvalue weighted by Crippen LogP contribution is 2.37. The van der Waals surface area contributed by atoms with Gasteiger partial charge in [-0.1, -0.05) is 11.8 Å². The van der Waals surface area contributed by atoms with Crippen molar-refractivity contribution in [3.63, 3.8) is 0 Å². The number of likely N-dealkylation sites (tertiary alicyclic amines) is 1. The van der Waals surface area contributed by atoms with Crippen LogP contribution in [0, 0.1) is 34.7 Å². The van der Waals surface area contributed by atoms with Gasteiger partial charge in [0.2, 0.25) is 0 Å². The van der Waals surface area contributed by atoms with Crippen LogP contribution in [0.25, 0.3) is 10.9 Å². The summed E-state index contributed by atoms with van der Waals surface area (Å²) in [6.07, 6.45) is 5.44. The molecule has 2 aromatic carbocycles. The first-order valence-corrected chi connectivity index (χ1v) is 12.3. The van der Waals surface area contributed by atoms with Gasteiger partial charge in [-0.2, -0.15) is 0 Å². The lowest BCUT2D eigenvalue weighted by atomic mass is 9.75. The zero-order valence-electron chi connectivity index (χ0n) is 20.8. The average Bonchev–Trinajstić information content (AvgIpc) is 2.92. The van der Waals surface area contributed by atoms with E-state index in [-0.39, 0.29) is 17.6 Å². The number of aryl methyl sites for hydroxylation is 1. The monoisotopic (exact) mass is 514 g/mol. The second kappa shape index (κ2) is 11.9. The summed E-state index contributed by atoms with van der Waals surface area (Å²) in [5.74, 6) is 2.27. The third-order valence-corrected chi connectivity index (χ3v) is 7.33. The molecule has 37 heavy (non-hydrogen) atoms. The Morgan fingerprint density at radius 2 is 1.84 bits per heavy atom. The number of aliphatic hydroxyl groups is 1. The Hall–Kier alpha value is -3.15. The fourth-order valence-electron chi connectivity index (χ4n) is 5.00. The number of nitrogens with zero attached hydrogens (tertiary/aromatic N) is 2. The van der Waals surface area contributed by atoms with Crippen molar-refractivity contribution in [1.82, 2.24) is 9.88 Å². The molecule has 0 spiro atoms. The van der Waals surface area contributed by atoms with Crippen molar-refractivity contribution in [2.24, 2.45) is 5.41 Å². The zero-order chi connectivity index (χ0) is 26.4. The minimum absolute atomic E-state index is 0.0710. The minimum Gasteiger partial charge on any atom is -0.497 e. The lowest BCUT2D eigenvalue weighted by Crippen LogP contribution is -2.42. The molecule has 4 rings (SSSR count). The molecule has 3 aromatic rings. The number of halogens is 4. The van der Waals surface area contributed by atoms with Crippen molar-refractivity contribution in [3.8, 4) is 17.6 Å². The Kier molecular flexibility index (Phi) is 8.67. The number of hydrogen-bond acceptors (Lipinski definition) is 4. The molecular weight excluding hydrogens is 484 g/mol. The molecule has 8 heteroatoms. The van der Waals surface area contributed by atoms with E-state index < -0.39 is 24.1 Å². The number of pyridine rings is 1. The number of benzene rings is 2. The SMILES string of the molecule is COc1ccc2ncc(CF)c(CCCC3(CO)CCN(CC#Cc4cc(F)c(F)c(F)c4)CC3)c2c1. The first-order chi connectivity index (χ1) is 17.9. The number of aliphatic hydroxyl groups excluding tert-OH is 1. The first kappa shape index (κ1) is 26.9. The van der Waals surface area contributed by atoms with Gasteiger partial charge in [0.1, 0.15) is 12.4 Å². The van der Waals surface area contributed by atoms with Gasteiger partial charge in [0.15, 0.2) is 17.5 Å². The van der Waals surface area contributed by atoms with Crippen molar-refractivity contribution in [3.05, 3.63) is 70.7 Å². The van der Waals surface area contributed by atoms with E-state index >= 15 is 0 Å². The molecule has 0 radical (unpaired) electrons. The molecule has 1 N–H and O–H groups in total. The Labute approximate surface area is 214 Å². The molecule has 0 amide bonds.